The van der Waals surface area contributed by atoms with Crippen molar-refractivity contribution in [3.05, 3.63) is 63.0 Å². The van der Waals surface area contributed by atoms with Crippen LogP contribution >= 0.6 is 11.6 Å². The number of oxime groups is 1. The van der Waals surface area contributed by atoms with Gasteiger partial charge in [0.15, 0.2) is 12.1 Å². The van der Waals surface area contributed by atoms with Crippen molar-refractivity contribution in [2.45, 2.75) is 31.7 Å². The second-order valence-corrected chi connectivity index (χ2v) is 8.88. The Balaban J connectivity index is 2.40. The fourth-order valence-electron chi connectivity index (χ4n) is 2.84. The van der Waals surface area contributed by atoms with Gasteiger partial charge in [-0.25, -0.2) is 8.42 Å². The van der Waals surface area contributed by atoms with Crippen LogP contribution in [0.25, 0.3) is 0 Å². The predicted octanol–water partition coefficient (Wildman–Crippen LogP) is 0.372. The lowest BCUT2D eigenvalue weighted by molar-refractivity contribution is -0.125. The zero-order chi connectivity index (χ0) is 23.3. The van der Waals surface area contributed by atoms with Gasteiger partial charge in [-0.2, -0.15) is 0 Å². The van der Waals surface area contributed by atoms with Crippen LogP contribution in [0.1, 0.15) is 24.2 Å². The smallest absolute Gasteiger partial charge is 0.275 e. The highest BCUT2D eigenvalue weighted by Crippen LogP contribution is 2.18. The molecule has 1 heterocycles. The van der Waals surface area contributed by atoms with E-state index in [0.717, 1.165) is 4.57 Å². The molecular weight excluding hydrogens is 448 g/mol. The van der Waals surface area contributed by atoms with Crippen molar-refractivity contribution < 1.29 is 18.0 Å². The molecule has 0 aliphatic rings. The number of nitrogens with one attached hydrogen (secondary N) is 1. The van der Waals surface area contributed by atoms with Crippen LogP contribution in [0.15, 0.2) is 46.3 Å². The van der Waals surface area contributed by atoms with E-state index in [4.69, 9.17) is 33.6 Å². The maximum atomic E-state index is 13.0. The van der Waals surface area contributed by atoms with E-state index < -0.39 is 33.6 Å². The van der Waals surface area contributed by atoms with Crippen LogP contribution in [0, 0.1) is 6.92 Å². The molecule has 7 N–H and O–H groups in total. The number of amides is 1. The van der Waals surface area contributed by atoms with Crippen molar-refractivity contribution in [2.75, 3.05) is 4.72 Å². The Morgan fingerprint density at radius 3 is 2.35 bits per heavy atom. The van der Waals surface area contributed by atoms with Crippen molar-refractivity contribution in [2.24, 2.45) is 22.4 Å². The van der Waals surface area contributed by atoms with E-state index in [1.165, 1.54) is 19.1 Å². The van der Waals surface area contributed by atoms with E-state index in [1.807, 2.05) is 0 Å². The van der Waals surface area contributed by atoms with Crippen LogP contribution in [-0.2, 0) is 25.4 Å². The van der Waals surface area contributed by atoms with Gasteiger partial charge in [0.25, 0.3) is 5.56 Å². The molecule has 1 amide bonds. The summed E-state index contributed by atoms with van der Waals surface area (Å²) in [6.45, 7) is 2.99. The first kappa shape index (κ1) is 24.0. The number of primary amides is 1. The number of guanidine groups is 1. The molecular formula is C18H23ClN6O5S. The van der Waals surface area contributed by atoms with Crippen molar-refractivity contribution >= 4 is 39.2 Å². The van der Waals surface area contributed by atoms with E-state index >= 15 is 0 Å². The Kier molecular flexibility index (Phi) is 7.52. The highest BCUT2D eigenvalue weighted by molar-refractivity contribution is 7.91. The van der Waals surface area contributed by atoms with Gasteiger partial charge < -0.3 is 22.0 Å². The molecule has 11 nitrogen and oxygen atoms in total. The third-order valence-corrected chi connectivity index (χ3v) is 5.69. The number of hydrogen-bond donors (Lipinski definition) is 4. The fraction of sp³-hybridized carbons (Fsp3) is 0.278. The number of anilines is 1. The molecule has 1 aromatic carbocycles. The topological polar surface area (TPSA) is 185 Å². The largest absolute Gasteiger partial charge is 0.387 e. The zero-order valence-electron chi connectivity index (χ0n) is 16.8. The molecule has 168 valence electrons. The van der Waals surface area contributed by atoms with Crippen molar-refractivity contribution in [1.29, 1.82) is 0 Å². The van der Waals surface area contributed by atoms with Gasteiger partial charge >= 0.3 is 0 Å². The number of rotatable bonds is 9. The summed E-state index contributed by atoms with van der Waals surface area (Å²) in [5, 5.41) is 3.84. The minimum absolute atomic E-state index is 0.264. The Morgan fingerprint density at radius 2 is 1.81 bits per heavy atom. The van der Waals surface area contributed by atoms with Crippen LogP contribution in [0.5, 0.6) is 0 Å². The summed E-state index contributed by atoms with van der Waals surface area (Å²) >= 11 is 5.81. The maximum absolute atomic E-state index is 13.0. The Morgan fingerprint density at radius 1 is 1.19 bits per heavy atom. The van der Waals surface area contributed by atoms with E-state index in [0.29, 0.717) is 16.3 Å². The second kappa shape index (κ2) is 9.71. The molecule has 13 heteroatoms. The monoisotopic (exact) mass is 470 g/mol. The van der Waals surface area contributed by atoms with Gasteiger partial charge in [0.05, 0.1) is 5.75 Å². The molecule has 0 aliphatic carbocycles. The summed E-state index contributed by atoms with van der Waals surface area (Å²) in [4.78, 5) is 30.1. The fourth-order valence-corrected chi connectivity index (χ4v) is 4.16. The highest BCUT2D eigenvalue weighted by atomic mass is 35.5. The predicted molar refractivity (Wildman–Crippen MR) is 118 cm³/mol. The molecule has 0 spiro atoms. The normalized spacial score (nSPS) is 13.1. The van der Waals surface area contributed by atoms with E-state index in [1.54, 1.807) is 31.2 Å². The summed E-state index contributed by atoms with van der Waals surface area (Å²) < 4.78 is 28.4. The number of pyridine rings is 1. The molecule has 0 saturated carbocycles. The number of aromatic nitrogens is 1. The van der Waals surface area contributed by atoms with Crippen molar-refractivity contribution in [3.63, 3.8) is 0 Å². The number of carbonyl (C=O) groups excluding carboxylic acids is 1. The zero-order valence-corrected chi connectivity index (χ0v) is 18.4. The van der Waals surface area contributed by atoms with Gasteiger partial charge in [0, 0.05) is 10.7 Å². The van der Waals surface area contributed by atoms with Crippen LogP contribution < -0.4 is 27.5 Å². The molecule has 0 saturated heterocycles. The summed E-state index contributed by atoms with van der Waals surface area (Å²) in [5.74, 6) is -1.67. The number of benzene rings is 1. The quantitative estimate of drug-likeness (QED) is 0.231. The number of hydrogen-bond acceptors (Lipinski definition) is 6. The van der Waals surface area contributed by atoms with Crippen LogP contribution in [0.4, 0.5) is 5.69 Å². The molecule has 2 unspecified atom stereocenters. The van der Waals surface area contributed by atoms with Crippen molar-refractivity contribution in [1.82, 2.24) is 4.57 Å². The lowest BCUT2D eigenvalue weighted by Gasteiger charge is -2.24. The molecule has 0 bridgehead atoms. The molecule has 0 aliphatic heterocycles. The Bertz CT molecular complexity index is 1140. The van der Waals surface area contributed by atoms with Gasteiger partial charge in [-0.05, 0) is 48.8 Å². The Labute approximate surface area is 183 Å². The van der Waals surface area contributed by atoms with Gasteiger partial charge in [0.2, 0.25) is 21.9 Å². The SMILES string of the molecule is Cc1ccc(NS(=O)(=O)Cc2ccc(Cl)cc2)c(=O)n1C(C(N)=O)C(C)ON=C(N)N. The summed E-state index contributed by atoms with van der Waals surface area (Å²) in [7, 11) is -3.95. The maximum Gasteiger partial charge on any atom is 0.275 e. The number of sulfonamides is 1. The molecule has 2 atom stereocenters. The van der Waals surface area contributed by atoms with Gasteiger partial charge in [-0.1, -0.05) is 23.7 Å². The van der Waals surface area contributed by atoms with Crippen LogP contribution in [0.3, 0.4) is 0 Å². The first-order chi connectivity index (χ1) is 14.4. The number of halogens is 1. The van der Waals surface area contributed by atoms with Crippen LogP contribution in [0.2, 0.25) is 5.02 Å². The standard InChI is InChI=1S/C18H23ClN6O5S/c1-10-3-8-14(24-31(28,29)9-12-4-6-13(19)7-5-12)17(27)25(10)15(16(20)26)11(2)30-23-18(21)22/h3-8,11,15,24H,9H2,1-2H3,(H2,20,26)(H4,21,22,23). The first-order valence-electron chi connectivity index (χ1n) is 8.92. The molecule has 2 rings (SSSR count). The average Bonchev–Trinajstić information content (AvgIpc) is 2.66. The average molecular weight is 471 g/mol. The summed E-state index contributed by atoms with van der Waals surface area (Å²) in [5.41, 5.74) is 15.7. The lowest BCUT2D eigenvalue weighted by Crippen LogP contribution is -2.42. The molecule has 31 heavy (non-hydrogen) atoms. The van der Waals surface area contributed by atoms with Gasteiger partial charge in [-0.15, -0.1) is 0 Å². The summed E-state index contributed by atoms with van der Waals surface area (Å²) in [6.07, 6.45) is -1.03. The molecule has 0 radical (unpaired) electrons. The second-order valence-electron chi connectivity index (χ2n) is 6.73. The third kappa shape index (κ3) is 6.36. The highest BCUT2D eigenvalue weighted by Gasteiger charge is 2.30. The van der Waals surface area contributed by atoms with E-state index in [-0.39, 0.29) is 17.4 Å². The van der Waals surface area contributed by atoms with Gasteiger partial charge in [-0.3, -0.25) is 18.9 Å². The number of nitrogens with two attached hydrogens (primary N) is 3. The summed E-state index contributed by atoms with van der Waals surface area (Å²) in [6, 6.07) is 7.68. The third-order valence-electron chi connectivity index (χ3n) is 4.19. The molecule has 0 fully saturated rings. The first-order valence-corrected chi connectivity index (χ1v) is 11.0. The van der Waals surface area contributed by atoms with E-state index in [9.17, 15) is 18.0 Å². The van der Waals surface area contributed by atoms with Crippen LogP contribution in [-0.4, -0.2) is 31.0 Å². The molecule has 1 aromatic heterocycles. The lowest BCUT2D eigenvalue weighted by atomic mass is 10.1. The Hall–Kier alpha value is -3.25. The number of aryl methyl sites for hydroxylation is 1. The minimum atomic E-state index is -3.95. The number of carbonyl (C=O) groups is 1. The van der Waals surface area contributed by atoms with Crippen molar-refractivity contribution in [3.8, 4) is 0 Å². The number of nitrogens with zero attached hydrogens (tertiary/aromatic N) is 2. The van der Waals surface area contributed by atoms with E-state index in [2.05, 4.69) is 9.88 Å². The molecule has 2 aromatic rings. The van der Waals surface area contributed by atoms with Gasteiger partial charge in [0.1, 0.15) is 5.69 Å². The minimum Gasteiger partial charge on any atom is -0.387 e.